The molecule has 108 valence electrons. The summed E-state index contributed by atoms with van der Waals surface area (Å²) in [7, 11) is 0. The fourth-order valence-electron chi connectivity index (χ4n) is 2.98. The second-order valence-electron chi connectivity index (χ2n) is 5.45. The Morgan fingerprint density at radius 1 is 1.27 bits per heavy atom. The SMILES string of the molecule is N#Cc1cc(F)cc(C2C[C@@H]2c2cc(Cl)nn3ccnc23)c1. The molecule has 0 amide bonds. The predicted molar refractivity (Wildman–Crippen MR) is 79.2 cm³/mol. The average Bonchev–Trinajstić information content (AvgIpc) is 3.16. The first-order chi connectivity index (χ1) is 10.7. The van der Waals surface area contributed by atoms with E-state index in [0.29, 0.717) is 10.7 Å². The minimum Gasteiger partial charge on any atom is -0.235 e. The Morgan fingerprint density at radius 2 is 2.14 bits per heavy atom. The molecular weight excluding hydrogens is 303 g/mol. The third-order valence-corrected chi connectivity index (χ3v) is 4.21. The van der Waals surface area contributed by atoms with Gasteiger partial charge < -0.3 is 0 Å². The zero-order chi connectivity index (χ0) is 15.3. The van der Waals surface area contributed by atoms with E-state index in [0.717, 1.165) is 23.2 Å². The largest absolute Gasteiger partial charge is 0.235 e. The van der Waals surface area contributed by atoms with Crippen molar-refractivity contribution < 1.29 is 4.39 Å². The minimum atomic E-state index is -0.376. The molecular formula is C16H10ClFN4. The highest BCUT2D eigenvalue weighted by Gasteiger charge is 2.41. The lowest BCUT2D eigenvalue weighted by Gasteiger charge is -2.05. The highest BCUT2D eigenvalue weighted by atomic mass is 35.5. The van der Waals surface area contributed by atoms with Gasteiger partial charge in [-0.1, -0.05) is 11.6 Å². The molecule has 0 radical (unpaired) electrons. The molecule has 1 aliphatic carbocycles. The second kappa shape index (κ2) is 4.79. The fourth-order valence-corrected chi connectivity index (χ4v) is 3.18. The van der Waals surface area contributed by atoms with Crippen molar-refractivity contribution in [1.29, 1.82) is 5.26 Å². The molecule has 0 saturated heterocycles. The summed E-state index contributed by atoms with van der Waals surface area (Å²) in [5, 5.41) is 13.5. The summed E-state index contributed by atoms with van der Waals surface area (Å²) in [5.41, 5.74) is 2.98. The fraction of sp³-hybridized carbons (Fsp3) is 0.188. The van der Waals surface area contributed by atoms with Crippen molar-refractivity contribution in [1.82, 2.24) is 14.6 Å². The number of hydrogen-bond donors (Lipinski definition) is 0. The summed E-state index contributed by atoms with van der Waals surface area (Å²) in [5.74, 6) is 0.0268. The maximum absolute atomic E-state index is 13.6. The molecule has 0 aliphatic heterocycles. The van der Waals surface area contributed by atoms with E-state index in [9.17, 15) is 4.39 Å². The lowest BCUT2D eigenvalue weighted by Crippen LogP contribution is -1.97. The maximum atomic E-state index is 13.6. The molecule has 4 nitrogen and oxygen atoms in total. The monoisotopic (exact) mass is 312 g/mol. The predicted octanol–water partition coefficient (Wildman–Crippen LogP) is 3.66. The van der Waals surface area contributed by atoms with Crippen LogP contribution in [0.5, 0.6) is 0 Å². The van der Waals surface area contributed by atoms with E-state index in [-0.39, 0.29) is 17.7 Å². The number of nitriles is 1. The summed E-state index contributed by atoms with van der Waals surface area (Å²) in [6, 6.07) is 8.30. The van der Waals surface area contributed by atoms with E-state index in [1.54, 1.807) is 23.0 Å². The van der Waals surface area contributed by atoms with Crippen LogP contribution in [-0.4, -0.2) is 14.6 Å². The van der Waals surface area contributed by atoms with Gasteiger partial charge in [-0.05, 0) is 48.1 Å². The van der Waals surface area contributed by atoms with Crippen LogP contribution in [0.4, 0.5) is 4.39 Å². The third-order valence-electron chi connectivity index (χ3n) is 4.03. The van der Waals surface area contributed by atoms with E-state index in [2.05, 4.69) is 10.1 Å². The number of halogens is 2. The van der Waals surface area contributed by atoms with Gasteiger partial charge in [0.2, 0.25) is 0 Å². The number of rotatable bonds is 2. The zero-order valence-electron chi connectivity index (χ0n) is 11.4. The van der Waals surface area contributed by atoms with Crippen LogP contribution >= 0.6 is 11.6 Å². The molecule has 22 heavy (non-hydrogen) atoms. The van der Waals surface area contributed by atoms with Gasteiger partial charge in [-0.15, -0.1) is 0 Å². The summed E-state index contributed by atoms with van der Waals surface area (Å²) < 4.78 is 15.3. The number of nitrogens with zero attached hydrogens (tertiary/aromatic N) is 4. The van der Waals surface area contributed by atoms with E-state index >= 15 is 0 Å². The van der Waals surface area contributed by atoms with Gasteiger partial charge in [0.05, 0.1) is 11.6 Å². The molecule has 0 N–H and O–H groups in total. The molecule has 0 spiro atoms. The Hall–Kier alpha value is -2.45. The maximum Gasteiger partial charge on any atom is 0.157 e. The van der Waals surface area contributed by atoms with Gasteiger partial charge in [0.1, 0.15) is 11.0 Å². The molecule has 1 unspecified atom stereocenters. The van der Waals surface area contributed by atoms with Gasteiger partial charge in [-0.25, -0.2) is 13.9 Å². The number of fused-ring (bicyclic) bond motifs is 1. The number of imidazole rings is 1. The van der Waals surface area contributed by atoms with Gasteiger partial charge in [-0.2, -0.15) is 10.4 Å². The summed E-state index contributed by atoms with van der Waals surface area (Å²) >= 11 is 6.06. The molecule has 1 fully saturated rings. The molecule has 2 atom stereocenters. The molecule has 2 heterocycles. The van der Waals surface area contributed by atoms with E-state index in [1.165, 1.54) is 12.1 Å². The number of hydrogen-bond acceptors (Lipinski definition) is 3. The third kappa shape index (κ3) is 2.13. The Labute approximate surface area is 130 Å². The highest BCUT2D eigenvalue weighted by Crippen LogP contribution is 2.55. The van der Waals surface area contributed by atoms with Crippen molar-refractivity contribution in [2.45, 2.75) is 18.3 Å². The molecule has 4 rings (SSSR count). The smallest absolute Gasteiger partial charge is 0.157 e. The van der Waals surface area contributed by atoms with Gasteiger partial charge in [0.25, 0.3) is 0 Å². The first kappa shape index (κ1) is 13.2. The van der Waals surface area contributed by atoms with E-state index in [4.69, 9.17) is 16.9 Å². The van der Waals surface area contributed by atoms with Crippen LogP contribution in [0.2, 0.25) is 5.15 Å². The normalized spacial score (nSPS) is 20.0. The molecule has 1 aromatic carbocycles. The summed E-state index contributed by atoms with van der Waals surface area (Å²) in [6.07, 6.45) is 4.31. The first-order valence-electron chi connectivity index (χ1n) is 6.86. The van der Waals surface area contributed by atoms with Crippen LogP contribution in [0.3, 0.4) is 0 Å². The zero-order valence-corrected chi connectivity index (χ0v) is 12.1. The van der Waals surface area contributed by atoms with Gasteiger partial charge >= 0.3 is 0 Å². The lowest BCUT2D eigenvalue weighted by atomic mass is 10.0. The average molecular weight is 313 g/mol. The number of benzene rings is 1. The molecule has 2 aromatic heterocycles. The molecule has 0 bridgehead atoms. The summed E-state index contributed by atoms with van der Waals surface area (Å²) in [4.78, 5) is 4.32. The van der Waals surface area contributed by atoms with Crippen LogP contribution in [-0.2, 0) is 0 Å². The molecule has 6 heteroatoms. The number of aromatic nitrogens is 3. The highest BCUT2D eigenvalue weighted by molar-refractivity contribution is 6.29. The molecule has 1 saturated carbocycles. The van der Waals surface area contributed by atoms with Crippen molar-refractivity contribution in [3.8, 4) is 6.07 Å². The van der Waals surface area contributed by atoms with E-state index in [1.807, 2.05) is 12.1 Å². The van der Waals surface area contributed by atoms with Gasteiger partial charge in [0.15, 0.2) is 5.65 Å². The Morgan fingerprint density at radius 3 is 2.95 bits per heavy atom. The topological polar surface area (TPSA) is 54.0 Å². The molecule has 1 aliphatic rings. The standard InChI is InChI=1S/C16H10ClFN4/c17-15-7-14(16-20-1-2-22(16)21-15)13-6-12(13)10-3-9(8-19)4-11(18)5-10/h1-5,7,12-13H,6H2/t12?,13-/m0/s1. The van der Waals surface area contributed by atoms with Gasteiger partial charge in [-0.3, -0.25) is 0 Å². The van der Waals surface area contributed by atoms with Crippen LogP contribution in [0, 0.1) is 17.1 Å². The Kier molecular flexibility index (Phi) is 2.88. The van der Waals surface area contributed by atoms with Crippen molar-refractivity contribution in [2.24, 2.45) is 0 Å². The van der Waals surface area contributed by atoms with Crippen LogP contribution in [0.15, 0.2) is 36.7 Å². The Balaban J connectivity index is 1.73. The van der Waals surface area contributed by atoms with Crippen LogP contribution < -0.4 is 0 Å². The minimum absolute atomic E-state index is 0.182. The second-order valence-corrected chi connectivity index (χ2v) is 5.84. The summed E-state index contributed by atoms with van der Waals surface area (Å²) in [6.45, 7) is 0. The van der Waals surface area contributed by atoms with E-state index < -0.39 is 0 Å². The lowest BCUT2D eigenvalue weighted by molar-refractivity contribution is 0.625. The van der Waals surface area contributed by atoms with Crippen LogP contribution in [0.1, 0.15) is 34.9 Å². The first-order valence-corrected chi connectivity index (χ1v) is 7.24. The van der Waals surface area contributed by atoms with Crippen molar-refractivity contribution >= 4 is 17.2 Å². The quantitative estimate of drug-likeness (QED) is 0.725. The van der Waals surface area contributed by atoms with Crippen LogP contribution in [0.25, 0.3) is 5.65 Å². The Bertz CT molecular complexity index is 928. The van der Waals surface area contributed by atoms with Crippen molar-refractivity contribution in [3.63, 3.8) is 0 Å². The molecule has 3 aromatic rings. The van der Waals surface area contributed by atoms with Crippen molar-refractivity contribution in [3.05, 3.63) is 64.3 Å². The van der Waals surface area contributed by atoms with Crippen molar-refractivity contribution in [2.75, 3.05) is 0 Å². The van der Waals surface area contributed by atoms with Gasteiger partial charge in [0, 0.05) is 18.0 Å².